The topological polar surface area (TPSA) is 89.9 Å². The minimum atomic E-state index is 0.112. The van der Waals surface area contributed by atoms with E-state index in [9.17, 15) is 0 Å². The molecule has 0 saturated heterocycles. The standard InChI is InChI=1S/C25H30N4O/c1-15(2)28-24(26)20-12-8-6-10-18(20)22-14-17(5)23(30-22)19-11-7-9-13-21(19)25(27)29-16(3)4/h6-16H,1-5H3,(H2,26,28)(H2,27,29). The van der Waals surface area contributed by atoms with Crippen molar-refractivity contribution < 1.29 is 4.42 Å². The molecule has 0 atom stereocenters. The van der Waals surface area contributed by atoms with E-state index in [1.807, 2.05) is 89.2 Å². The summed E-state index contributed by atoms with van der Waals surface area (Å²) < 4.78 is 6.36. The third-order valence-corrected chi connectivity index (χ3v) is 4.63. The zero-order valence-electron chi connectivity index (χ0n) is 18.3. The first kappa shape index (κ1) is 21.4. The first-order valence-electron chi connectivity index (χ1n) is 10.2. The summed E-state index contributed by atoms with van der Waals surface area (Å²) in [4.78, 5) is 9.02. The van der Waals surface area contributed by atoms with Crippen LogP contribution in [0.1, 0.15) is 44.4 Å². The highest BCUT2D eigenvalue weighted by Gasteiger charge is 2.18. The Morgan fingerprint density at radius 2 is 1.23 bits per heavy atom. The van der Waals surface area contributed by atoms with E-state index in [2.05, 4.69) is 9.98 Å². The molecule has 5 heteroatoms. The number of nitrogens with two attached hydrogens (primary N) is 2. The maximum Gasteiger partial charge on any atom is 0.138 e. The van der Waals surface area contributed by atoms with E-state index in [4.69, 9.17) is 15.9 Å². The highest BCUT2D eigenvalue weighted by Crippen LogP contribution is 2.35. The van der Waals surface area contributed by atoms with Crippen LogP contribution in [0, 0.1) is 6.92 Å². The minimum Gasteiger partial charge on any atom is -0.456 e. The predicted octanol–water partition coefficient (Wildman–Crippen LogP) is 5.15. The Bertz CT molecular complexity index is 1090. The van der Waals surface area contributed by atoms with Crippen LogP contribution in [-0.4, -0.2) is 23.8 Å². The largest absolute Gasteiger partial charge is 0.456 e. The van der Waals surface area contributed by atoms with Crippen molar-refractivity contribution >= 4 is 11.7 Å². The van der Waals surface area contributed by atoms with Crippen molar-refractivity contribution in [1.82, 2.24) is 0 Å². The van der Waals surface area contributed by atoms with Crippen molar-refractivity contribution in [3.8, 4) is 22.6 Å². The Morgan fingerprint density at radius 3 is 1.77 bits per heavy atom. The lowest BCUT2D eigenvalue weighted by Gasteiger charge is -2.10. The summed E-state index contributed by atoms with van der Waals surface area (Å²) in [5.74, 6) is 2.53. The van der Waals surface area contributed by atoms with Gasteiger partial charge in [-0.3, -0.25) is 9.98 Å². The number of furan rings is 1. The van der Waals surface area contributed by atoms with Gasteiger partial charge in [-0.15, -0.1) is 0 Å². The first-order valence-corrected chi connectivity index (χ1v) is 10.2. The van der Waals surface area contributed by atoms with Crippen molar-refractivity contribution in [2.75, 3.05) is 0 Å². The van der Waals surface area contributed by atoms with Crippen molar-refractivity contribution in [2.45, 2.75) is 46.7 Å². The fourth-order valence-corrected chi connectivity index (χ4v) is 3.40. The summed E-state index contributed by atoms with van der Waals surface area (Å²) in [6.07, 6.45) is 0. The Hall–Kier alpha value is -3.34. The molecule has 3 rings (SSSR count). The van der Waals surface area contributed by atoms with Gasteiger partial charge in [-0.25, -0.2) is 0 Å². The Morgan fingerprint density at radius 1 is 0.767 bits per heavy atom. The summed E-state index contributed by atoms with van der Waals surface area (Å²) in [5.41, 5.74) is 17.1. The van der Waals surface area contributed by atoms with E-state index in [-0.39, 0.29) is 12.1 Å². The molecule has 0 saturated carbocycles. The van der Waals surface area contributed by atoms with Crippen molar-refractivity contribution in [2.24, 2.45) is 21.5 Å². The number of aryl methyl sites for hydroxylation is 1. The molecule has 1 aromatic heterocycles. The van der Waals surface area contributed by atoms with E-state index in [1.165, 1.54) is 0 Å². The molecule has 0 aliphatic rings. The van der Waals surface area contributed by atoms with E-state index >= 15 is 0 Å². The summed E-state index contributed by atoms with van der Waals surface area (Å²) in [6.45, 7) is 10.1. The number of benzene rings is 2. The fraction of sp³-hybridized carbons (Fsp3) is 0.280. The molecule has 30 heavy (non-hydrogen) atoms. The van der Waals surface area contributed by atoms with E-state index in [1.54, 1.807) is 0 Å². The second-order valence-corrected chi connectivity index (χ2v) is 7.93. The molecule has 0 spiro atoms. The Kier molecular flexibility index (Phi) is 6.40. The number of nitrogens with zero attached hydrogens (tertiary/aromatic N) is 2. The third kappa shape index (κ3) is 4.62. The number of amidine groups is 2. The zero-order chi connectivity index (χ0) is 21.8. The normalized spacial score (nSPS) is 12.8. The van der Waals surface area contributed by atoms with Crippen LogP contribution in [0.3, 0.4) is 0 Å². The second-order valence-electron chi connectivity index (χ2n) is 7.93. The maximum absolute atomic E-state index is 6.36. The Balaban J connectivity index is 2.12. The third-order valence-electron chi connectivity index (χ3n) is 4.63. The van der Waals surface area contributed by atoms with Crippen LogP contribution < -0.4 is 11.5 Å². The summed E-state index contributed by atoms with van der Waals surface area (Å²) in [7, 11) is 0. The lowest BCUT2D eigenvalue weighted by atomic mass is 10.0. The Labute approximate surface area is 178 Å². The minimum absolute atomic E-state index is 0.112. The lowest BCUT2D eigenvalue weighted by molar-refractivity contribution is 0.595. The van der Waals surface area contributed by atoms with Gasteiger partial charge in [0.05, 0.1) is 0 Å². The second kappa shape index (κ2) is 8.99. The van der Waals surface area contributed by atoms with Crippen LogP contribution in [0.4, 0.5) is 0 Å². The lowest BCUT2D eigenvalue weighted by Crippen LogP contribution is -2.16. The number of hydrogen-bond donors (Lipinski definition) is 2. The molecule has 0 aliphatic heterocycles. The van der Waals surface area contributed by atoms with E-state index in [0.29, 0.717) is 11.7 Å². The van der Waals surface area contributed by atoms with Gasteiger partial charge >= 0.3 is 0 Å². The van der Waals surface area contributed by atoms with Gasteiger partial charge in [-0.05, 0) is 46.2 Å². The molecule has 4 N–H and O–H groups in total. The molecule has 3 aromatic rings. The maximum atomic E-state index is 6.36. The van der Waals surface area contributed by atoms with Crippen LogP contribution in [0.5, 0.6) is 0 Å². The van der Waals surface area contributed by atoms with Crippen LogP contribution in [-0.2, 0) is 0 Å². The van der Waals surface area contributed by atoms with Crippen LogP contribution in [0.25, 0.3) is 22.6 Å². The smallest absolute Gasteiger partial charge is 0.138 e. The SMILES string of the molecule is Cc1cc(-c2ccccc2C(N)=NC(C)C)oc1-c1ccccc1C(N)=NC(C)C. The molecule has 1 heterocycles. The summed E-state index contributed by atoms with van der Waals surface area (Å²) >= 11 is 0. The highest BCUT2D eigenvalue weighted by atomic mass is 16.3. The van der Waals surface area contributed by atoms with Crippen LogP contribution in [0.2, 0.25) is 0 Å². The van der Waals surface area contributed by atoms with Gasteiger partial charge in [0, 0.05) is 34.3 Å². The van der Waals surface area contributed by atoms with Gasteiger partial charge in [0.15, 0.2) is 0 Å². The predicted molar refractivity (Wildman–Crippen MR) is 126 cm³/mol. The van der Waals surface area contributed by atoms with Crippen molar-refractivity contribution in [3.05, 3.63) is 71.3 Å². The molecule has 2 aromatic carbocycles. The number of aliphatic imine (C=N–C) groups is 2. The molecular formula is C25H30N4O. The average Bonchev–Trinajstić information content (AvgIpc) is 3.08. The van der Waals surface area contributed by atoms with Crippen molar-refractivity contribution in [1.29, 1.82) is 0 Å². The molecule has 0 bridgehead atoms. The molecule has 0 aliphatic carbocycles. The quantitative estimate of drug-likeness (QED) is 0.441. The van der Waals surface area contributed by atoms with Crippen LogP contribution >= 0.6 is 0 Å². The molecule has 0 radical (unpaired) electrons. The van der Waals surface area contributed by atoms with Gasteiger partial charge in [0.25, 0.3) is 0 Å². The average molecular weight is 403 g/mol. The molecule has 156 valence electrons. The molecule has 5 nitrogen and oxygen atoms in total. The highest BCUT2D eigenvalue weighted by molar-refractivity contribution is 6.04. The van der Waals surface area contributed by atoms with E-state index < -0.39 is 0 Å². The van der Waals surface area contributed by atoms with Crippen molar-refractivity contribution in [3.63, 3.8) is 0 Å². The molecule has 0 fully saturated rings. The monoisotopic (exact) mass is 402 g/mol. The zero-order valence-corrected chi connectivity index (χ0v) is 18.3. The van der Waals surface area contributed by atoms with Gasteiger partial charge < -0.3 is 15.9 Å². The summed E-state index contributed by atoms with van der Waals surface area (Å²) in [5, 5.41) is 0. The van der Waals surface area contributed by atoms with Crippen LogP contribution in [0.15, 0.2) is 69.0 Å². The molecule has 0 unspecified atom stereocenters. The van der Waals surface area contributed by atoms with Gasteiger partial charge in [0.1, 0.15) is 23.2 Å². The van der Waals surface area contributed by atoms with Gasteiger partial charge in [-0.2, -0.15) is 0 Å². The number of hydrogen-bond acceptors (Lipinski definition) is 3. The fourth-order valence-electron chi connectivity index (χ4n) is 3.40. The van der Waals surface area contributed by atoms with Gasteiger partial charge in [0.2, 0.25) is 0 Å². The summed E-state index contributed by atoms with van der Waals surface area (Å²) in [6, 6.07) is 18.1. The molecule has 0 amide bonds. The number of rotatable bonds is 6. The van der Waals surface area contributed by atoms with Gasteiger partial charge in [-0.1, -0.05) is 48.5 Å². The first-order chi connectivity index (χ1) is 14.3. The molecular weight excluding hydrogens is 372 g/mol. The van der Waals surface area contributed by atoms with E-state index in [0.717, 1.165) is 39.3 Å².